The Hall–Kier alpha value is -1.31. The Bertz CT molecular complexity index is 390. The summed E-state index contributed by atoms with van der Waals surface area (Å²) in [5, 5.41) is 1.08. The fraction of sp³-hybridized carbons (Fsp3) is 0.385. The lowest BCUT2D eigenvalue weighted by Crippen LogP contribution is -1.83. The molecule has 0 saturated heterocycles. The Morgan fingerprint density at radius 3 is 2.20 bits per heavy atom. The van der Waals surface area contributed by atoms with E-state index in [2.05, 4.69) is 0 Å². The quantitative estimate of drug-likeness (QED) is 0.607. The highest BCUT2D eigenvalue weighted by Crippen LogP contribution is 2.15. The number of nitrogens with zero attached hydrogens (tertiary/aromatic N) is 1. The van der Waals surface area contributed by atoms with Crippen molar-refractivity contribution in [3.63, 3.8) is 0 Å². The van der Waals surface area contributed by atoms with Gasteiger partial charge in [-0.2, -0.15) is 0 Å². The summed E-state index contributed by atoms with van der Waals surface area (Å²) < 4.78 is 14.6. The topological polar surface area (TPSA) is 4.93 Å². The average molecular weight is 209 g/mol. The highest BCUT2D eigenvalue weighted by molar-refractivity contribution is 5.79. The normalized spacial score (nSPS) is 8.67. The van der Waals surface area contributed by atoms with Crippen molar-refractivity contribution in [1.82, 2.24) is 4.57 Å². The Kier molecular flexibility index (Phi) is 6.43. The first-order valence-electron chi connectivity index (χ1n) is 5.48. The molecule has 0 aliphatic carbocycles. The lowest BCUT2D eigenvalue weighted by molar-refractivity contribution is 0.629. The molecule has 0 amide bonds. The molecule has 2 heteroatoms. The second-order valence-electron chi connectivity index (χ2n) is 2.63. The molecule has 0 bridgehead atoms. The van der Waals surface area contributed by atoms with Gasteiger partial charge in [-0.3, -0.25) is 0 Å². The first kappa shape index (κ1) is 13.7. The predicted molar refractivity (Wildman–Crippen MR) is 65.6 cm³/mol. The van der Waals surface area contributed by atoms with E-state index < -0.39 is 0 Å². The molecule has 1 aromatic carbocycles. The second kappa shape index (κ2) is 7.04. The first-order valence-corrected chi connectivity index (χ1v) is 5.48. The van der Waals surface area contributed by atoms with Crippen LogP contribution in [0.2, 0.25) is 0 Å². The zero-order valence-corrected chi connectivity index (χ0v) is 10.2. The summed E-state index contributed by atoms with van der Waals surface area (Å²) in [6.07, 6.45) is 1.92. The van der Waals surface area contributed by atoms with Crippen molar-refractivity contribution in [3.8, 4) is 0 Å². The summed E-state index contributed by atoms with van der Waals surface area (Å²) in [7, 11) is 1.90. The van der Waals surface area contributed by atoms with Crippen LogP contribution in [-0.4, -0.2) is 4.57 Å². The molecule has 0 fully saturated rings. The standard InChI is InChI=1S/C9H8FN.2C2H6/c1-11-5-4-7-2-3-8(10)6-9(7)11;2*1-2/h2-6H,1H3;2*1-2H3. The van der Waals surface area contributed by atoms with Gasteiger partial charge in [-0.15, -0.1) is 0 Å². The van der Waals surface area contributed by atoms with Crippen molar-refractivity contribution in [2.45, 2.75) is 27.7 Å². The number of hydrogen-bond acceptors (Lipinski definition) is 0. The zero-order chi connectivity index (χ0) is 11.8. The maximum atomic E-state index is 12.7. The Morgan fingerprint density at radius 2 is 1.60 bits per heavy atom. The van der Waals surface area contributed by atoms with Crippen LogP contribution in [0.25, 0.3) is 10.9 Å². The Labute approximate surface area is 91.5 Å². The number of aromatic nitrogens is 1. The molecule has 84 valence electrons. The van der Waals surface area contributed by atoms with Gasteiger partial charge in [0.15, 0.2) is 0 Å². The van der Waals surface area contributed by atoms with Crippen LogP contribution in [0, 0.1) is 5.82 Å². The summed E-state index contributed by atoms with van der Waals surface area (Å²) in [5.41, 5.74) is 0.935. The molecular weight excluding hydrogens is 189 g/mol. The van der Waals surface area contributed by atoms with Crippen LogP contribution in [-0.2, 0) is 7.05 Å². The van der Waals surface area contributed by atoms with Crippen molar-refractivity contribution < 1.29 is 4.39 Å². The van der Waals surface area contributed by atoms with Crippen molar-refractivity contribution in [2.24, 2.45) is 7.05 Å². The molecule has 2 aromatic rings. The van der Waals surface area contributed by atoms with Crippen molar-refractivity contribution in [1.29, 1.82) is 0 Å². The first-order chi connectivity index (χ1) is 7.27. The average Bonchev–Trinajstić information content (AvgIpc) is 2.66. The number of benzene rings is 1. The van der Waals surface area contributed by atoms with Crippen molar-refractivity contribution in [2.75, 3.05) is 0 Å². The van der Waals surface area contributed by atoms with Crippen LogP contribution < -0.4 is 0 Å². The van der Waals surface area contributed by atoms with Gasteiger partial charge in [0, 0.05) is 13.2 Å². The van der Waals surface area contributed by atoms with Gasteiger partial charge in [0.05, 0.1) is 5.52 Å². The lowest BCUT2D eigenvalue weighted by atomic mass is 10.2. The molecule has 0 aliphatic heterocycles. The minimum Gasteiger partial charge on any atom is -0.350 e. The van der Waals surface area contributed by atoms with Crippen LogP contribution in [0.4, 0.5) is 4.39 Å². The van der Waals surface area contributed by atoms with Crippen LogP contribution >= 0.6 is 0 Å². The highest BCUT2D eigenvalue weighted by Gasteiger charge is 1.97. The van der Waals surface area contributed by atoms with Crippen LogP contribution in [0.1, 0.15) is 27.7 Å². The van der Waals surface area contributed by atoms with E-state index in [0.717, 1.165) is 10.9 Å². The minimum atomic E-state index is -0.181. The largest absolute Gasteiger partial charge is 0.350 e. The Morgan fingerprint density at radius 1 is 1.00 bits per heavy atom. The fourth-order valence-corrected chi connectivity index (χ4v) is 1.24. The SMILES string of the molecule is CC.CC.Cn1ccc2ccc(F)cc21. The summed E-state index contributed by atoms with van der Waals surface area (Å²) >= 11 is 0. The molecule has 0 aliphatic rings. The number of halogens is 1. The number of hydrogen-bond donors (Lipinski definition) is 0. The predicted octanol–water partition coefficient (Wildman–Crippen LogP) is 4.37. The van der Waals surface area contributed by atoms with Gasteiger partial charge in [-0.25, -0.2) is 4.39 Å². The van der Waals surface area contributed by atoms with Crippen LogP contribution in [0.15, 0.2) is 30.5 Å². The number of aryl methyl sites for hydroxylation is 1. The number of fused-ring (bicyclic) bond motifs is 1. The van der Waals surface area contributed by atoms with Gasteiger partial charge in [0.1, 0.15) is 5.82 Å². The zero-order valence-electron chi connectivity index (χ0n) is 10.2. The maximum absolute atomic E-state index is 12.7. The molecule has 0 spiro atoms. The van der Waals surface area contributed by atoms with E-state index in [-0.39, 0.29) is 5.82 Å². The Balaban J connectivity index is 0.000000442. The summed E-state index contributed by atoms with van der Waals surface area (Å²) in [6.45, 7) is 8.00. The molecule has 1 nitrogen and oxygen atoms in total. The molecule has 0 atom stereocenters. The molecule has 0 saturated carbocycles. The smallest absolute Gasteiger partial charge is 0.125 e. The van der Waals surface area contributed by atoms with E-state index in [1.807, 2.05) is 51.6 Å². The third kappa shape index (κ3) is 3.39. The summed E-state index contributed by atoms with van der Waals surface area (Å²) in [5.74, 6) is -0.181. The fourth-order valence-electron chi connectivity index (χ4n) is 1.24. The van der Waals surface area contributed by atoms with E-state index >= 15 is 0 Å². The second-order valence-corrected chi connectivity index (χ2v) is 2.63. The van der Waals surface area contributed by atoms with Gasteiger partial charge in [0.25, 0.3) is 0 Å². The van der Waals surface area contributed by atoms with E-state index in [9.17, 15) is 4.39 Å². The van der Waals surface area contributed by atoms with Gasteiger partial charge in [-0.1, -0.05) is 27.7 Å². The van der Waals surface area contributed by atoms with E-state index in [1.54, 1.807) is 6.07 Å². The molecular formula is C13H20FN. The van der Waals surface area contributed by atoms with Crippen molar-refractivity contribution >= 4 is 10.9 Å². The van der Waals surface area contributed by atoms with E-state index in [0.29, 0.717) is 0 Å². The molecule has 1 aromatic heterocycles. The molecule has 0 radical (unpaired) electrons. The maximum Gasteiger partial charge on any atom is 0.125 e. The lowest BCUT2D eigenvalue weighted by Gasteiger charge is -1.94. The third-order valence-electron chi connectivity index (χ3n) is 1.85. The summed E-state index contributed by atoms with van der Waals surface area (Å²) in [6, 6.07) is 6.76. The third-order valence-corrected chi connectivity index (χ3v) is 1.85. The number of rotatable bonds is 0. The van der Waals surface area contributed by atoms with E-state index in [1.165, 1.54) is 12.1 Å². The van der Waals surface area contributed by atoms with Gasteiger partial charge < -0.3 is 4.57 Å². The molecule has 15 heavy (non-hydrogen) atoms. The van der Waals surface area contributed by atoms with Gasteiger partial charge >= 0.3 is 0 Å². The minimum absolute atomic E-state index is 0.181. The van der Waals surface area contributed by atoms with Gasteiger partial charge in [-0.05, 0) is 29.7 Å². The molecule has 1 heterocycles. The van der Waals surface area contributed by atoms with Gasteiger partial charge in [0.2, 0.25) is 0 Å². The molecule has 0 N–H and O–H groups in total. The van der Waals surface area contributed by atoms with E-state index in [4.69, 9.17) is 0 Å². The van der Waals surface area contributed by atoms with Crippen LogP contribution in [0.5, 0.6) is 0 Å². The molecule has 0 unspecified atom stereocenters. The monoisotopic (exact) mass is 209 g/mol. The summed E-state index contributed by atoms with van der Waals surface area (Å²) in [4.78, 5) is 0. The van der Waals surface area contributed by atoms with Crippen molar-refractivity contribution in [3.05, 3.63) is 36.3 Å². The van der Waals surface area contributed by atoms with Crippen LogP contribution in [0.3, 0.4) is 0 Å². The molecule has 2 rings (SSSR count). The highest BCUT2D eigenvalue weighted by atomic mass is 19.1.